The van der Waals surface area contributed by atoms with Crippen LogP contribution in [-0.4, -0.2) is 25.2 Å². The maximum atomic E-state index is 5.79. The number of nitrogens with zero attached hydrogens (tertiary/aromatic N) is 2. The quantitative estimate of drug-likeness (QED) is 0.801. The molecule has 1 heterocycles. The van der Waals surface area contributed by atoms with Crippen LogP contribution >= 0.6 is 22.6 Å². The minimum Gasteiger partial charge on any atom is -0.487 e. The van der Waals surface area contributed by atoms with Crippen LogP contribution in [-0.2, 0) is 0 Å². The molecule has 3 nitrogen and oxygen atoms in total. The van der Waals surface area contributed by atoms with Gasteiger partial charge in [-0.1, -0.05) is 0 Å². The molecule has 2 rings (SSSR count). The van der Waals surface area contributed by atoms with E-state index in [2.05, 4.69) is 32.5 Å². The molecule has 1 saturated carbocycles. The van der Waals surface area contributed by atoms with Gasteiger partial charge in [-0.25, -0.2) is 0 Å². The average molecular weight is 304 g/mol. The van der Waals surface area contributed by atoms with Crippen molar-refractivity contribution in [2.45, 2.75) is 18.9 Å². The number of halogens is 1. The van der Waals surface area contributed by atoms with Crippen molar-refractivity contribution in [3.05, 3.63) is 16.0 Å². The molecular weight excluding hydrogens is 291 g/mol. The van der Waals surface area contributed by atoms with Crippen molar-refractivity contribution in [2.75, 3.05) is 19.0 Å². The largest absolute Gasteiger partial charge is 0.487 e. The third-order valence-electron chi connectivity index (χ3n) is 2.10. The lowest BCUT2D eigenvalue weighted by molar-refractivity contribution is 0.302. The molecule has 1 fully saturated rings. The Morgan fingerprint density at radius 3 is 2.71 bits per heavy atom. The highest BCUT2D eigenvalue weighted by Crippen LogP contribution is 2.35. The van der Waals surface area contributed by atoms with Gasteiger partial charge in [-0.3, -0.25) is 4.98 Å². The van der Waals surface area contributed by atoms with Crippen LogP contribution in [0.2, 0.25) is 0 Å². The summed E-state index contributed by atoms with van der Waals surface area (Å²) in [5, 5.41) is 0. The number of pyridine rings is 1. The van der Waals surface area contributed by atoms with E-state index in [0.717, 1.165) is 15.0 Å². The van der Waals surface area contributed by atoms with Gasteiger partial charge in [0.2, 0.25) is 0 Å². The van der Waals surface area contributed by atoms with Crippen molar-refractivity contribution in [1.29, 1.82) is 0 Å². The molecule has 1 aliphatic rings. The summed E-state index contributed by atoms with van der Waals surface area (Å²) in [6.07, 6.45) is 6.44. The number of hydrogen-bond acceptors (Lipinski definition) is 3. The van der Waals surface area contributed by atoms with Crippen LogP contribution in [0, 0.1) is 3.57 Å². The van der Waals surface area contributed by atoms with E-state index in [-0.39, 0.29) is 0 Å². The van der Waals surface area contributed by atoms with Gasteiger partial charge >= 0.3 is 0 Å². The van der Waals surface area contributed by atoms with Gasteiger partial charge in [0.25, 0.3) is 0 Å². The molecule has 0 amide bonds. The summed E-state index contributed by atoms with van der Waals surface area (Å²) in [6.45, 7) is 0. The van der Waals surface area contributed by atoms with E-state index in [1.165, 1.54) is 12.8 Å². The lowest BCUT2D eigenvalue weighted by Gasteiger charge is -2.18. The van der Waals surface area contributed by atoms with Gasteiger partial charge in [-0.2, -0.15) is 0 Å². The zero-order chi connectivity index (χ0) is 10.1. The van der Waals surface area contributed by atoms with E-state index < -0.39 is 0 Å². The second-order valence-electron chi connectivity index (χ2n) is 3.68. The van der Waals surface area contributed by atoms with Crippen LogP contribution in [0.1, 0.15) is 12.8 Å². The molecule has 0 N–H and O–H groups in total. The highest BCUT2D eigenvalue weighted by Gasteiger charge is 2.25. The molecule has 0 atom stereocenters. The number of ether oxygens (including phenoxy) is 1. The van der Waals surface area contributed by atoms with Crippen LogP contribution < -0.4 is 9.64 Å². The molecule has 0 aliphatic heterocycles. The summed E-state index contributed by atoms with van der Waals surface area (Å²) in [6, 6.07) is 0. The van der Waals surface area contributed by atoms with Gasteiger partial charge in [0, 0.05) is 20.3 Å². The van der Waals surface area contributed by atoms with Gasteiger partial charge in [0.1, 0.15) is 0 Å². The molecule has 0 bridgehead atoms. The lowest BCUT2D eigenvalue weighted by atomic mass is 10.3. The van der Waals surface area contributed by atoms with Gasteiger partial charge < -0.3 is 9.64 Å². The average Bonchev–Trinajstić information content (AvgIpc) is 2.87. The van der Waals surface area contributed by atoms with Crippen molar-refractivity contribution in [3.63, 3.8) is 0 Å². The van der Waals surface area contributed by atoms with Crippen molar-refractivity contribution in [3.8, 4) is 5.75 Å². The smallest absolute Gasteiger partial charge is 0.162 e. The zero-order valence-corrected chi connectivity index (χ0v) is 10.5. The Morgan fingerprint density at radius 1 is 1.43 bits per heavy atom. The first-order valence-electron chi connectivity index (χ1n) is 4.66. The number of anilines is 1. The normalized spacial score (nSPS) is 15.4. The molecule has 1 aliphatic carbocycles. The Balaban J connectivity index is 2.30. The number of rotatable bonds is 3. The van der Waals surface area contributed by atoms with E-state index in [1.807, 2.05) is 20.3 Å². The van der Waals surface area contributed by atoms with Crippen LogP contribution in [0.3, 0.4) is 0 Å². The van der Waals surface area contributed by atoms with Crippen LogP contribution in [0.4, 0.5) is 5.69 Å². The fourth-order valence-electron chi connectivity index (χ4n) is 1.30. The molecule has 0 aromatic carbocycles. The molecule has 14 heavy (non-hydrogen) atoms. The topological polar surface area (TPSA) is 25.4 Å². The summed E-state index contributed by atoms with van der Waals surface area (Å²) < 4.78 is 6.92. The van der Waals surface area contributed by atoms with Gasteiger partial charge in [0.05, 0.1) is 21.6 Å². The lowest BCUT2D eigenvalue weighted by Crippen LogP contribution is -2.13. The maximum absolute atomic E-state index is 5.79. The highest BCUT2D eigenvalue weighted by molar-refractivity contribution is 14.1. The molecule has 0 saturated heterocycles. The summed E-state index contributed by atoms with van der Waals surface area (Å²) in [5.41, 5.74) is 1.13. The molecule has 0 radical (unpaired) electrons. The first kappa shape index (κ1) is 10.0. The first-order valence-corrected chi connectivity index (χ1v) is 5.74. The zero-order valence-electron chi connectivity index (χ0n) is 8.33. The highest BCUT2D eigenvalue weighted by atomic mass is 127. The van der Waals surface area contributed by atoms with E-state index in [1.54, 1.807) is 6.20 Å². The second-order valence-corrected chi connectivity index (χ2v) is 4.84. The number of aromatic nitrogens is 1. The minimum atomic E-state index is 0.425. The molecule has 4 heteroatoms. The fraction of sp³-hybridized carbons (Fsp3) is 0.500. The first-order chi connectivity index (χ1) is 6.68. The third-order valence-corrected chi connectivity index (χ3v) is 2.89. The SMILES string of the molecule is CN(C)c1c(I)cncc1OC1CC1. The Bertz CT molecular complexity index is 337. The molecular formula is C10H13IN2O. The Morgan fingerprint density at radius 2 is 2.14 bits per heavy atom. The Hall–Kier alpha value is -0.520. The molecule has 1 aromatic rings. The summed E-state index contributed by atoms with van der Waals surface area (Å²) in [7, 11) is 4.05. The van der Waals surface area contributed by atoms with E-state index in [9.17, 15) is 0 Å². The van der Waals surface area contributed by atoms with Crippen molar-refractivity contribution in [2.24, 2.45) is 0 Å². The minimum absolute atomic E-state index is 0.425. The fourth-order valence-corrected chi connectivity index (χ4v) is 2.21. The van der Waals surface area contributed by atoms with Crippen LogP contribution in [0.25, 0.3) is 0 Å². The standard InChI is InChI=1S/C10H13IN2O/c1-13(2)10-8(11)5-12-6-9(10)14-7-3-4-7/h5-7H,3-4H2,1-2H3. The summed E-state index contributed by atoms with van der Waals surface area (Å²) >= 11 is 2.28. The number of hydrogen-bond donors (Lipinski definition) is 0. The molecule has 0 unspecified atom stereocenters. The summed E-state index contributed by atoms with van der Waals surface area (Å²) in [4.78, 5) is 6.22. The van der Waals surface area contributed by atoms with E-state index >= 15 is 0 Å². The van der Waals surface area contributed by atoms with E-state index in [4.69, 9.17) is 4.74 Å². The summed E-state index contributed by atoms with van der Waals surface area (Å²) in [5.74, 6) is 0.907. The Labute approximate surface area is 97.6 Å². The van der Waals surface area contributed by atoms with Crippen molar-refractivity contribution >= 4 is 28.3 Å². The molecule has 1 aromatic heterocycles. The predicted octanol–water partition coefficient (Wildman–Crippen LogP) is 2.29. The predicted molar refractivity (Wildman–Crippen MR) is 64.9 cm³/mol. The second kappa shape index (κ2) is 3.92. The third kappa shape index (κ3) is 2.10. The molecule has 0 spiro atoms. The van der Waals surface area contributed by atoms with Crippen molar-refractivity contribution < 1.29 is 4.74 Å². The van der Waals surface area contributed by atoms with Gasteiger partial charge in [0.15, 0.2) is 5.75 Å². The van der Waals surface area contributed by atoms with Gasteiger partial charge in [-0.05, 0) is 35.4 Å². The van der Waals surface area contributed by atoms with E-state index in [0.29, 0.717) is 6.10 Å². The molecule has 76 valence electrons. The van der Waals surface area contributed by atoms with Crippen LogP contribution in [0.15, 0.2) is 12.4 Å². The van der Waals surface area contributed by atoms with Gasteiger partial charge in [-0.15, -0.1) is 0 Å². The Kier molecular flexibility index (Phi) is 2.80. The van der Waals surface area contributed by atoms with Crippen LogP contribution in [0.5, 0.6) is 5.75 Å². The monoisotopic (exact) mass is 304 g/mol. The van der Waals surface area contributed by atoms with Crippen molar-refractivity contribution in [1.82, 2.24) is 4.98 Å². The maximum Gasteiger partial charge on any atom is 0.162 e.